The molecular formula is C16H22N2O. The van der Waals surface area contributed by atoms with E-state index in [4.69, 9.17) is 0 Å². The molecule has 2 fully saturated rings. The normalized spacial score (nSPS) is 26.9. The first kappa shape index (κ1) is 12.7. The Morgan fingerprint density at radius 2 is 2.11 bits per heavy atom. The number of rotatable bonds is 4. The molecular weight excluding hydrogens is 236 g/mol. The van der Waals surface area contributed by atoms with E-state index in [0.717, 1.165) is 45.2 Å². The summed E-state index contributed by atoms with van der Waals surface area (Å²) in [7, 11) is 0. The van der Waals surface area contributed by atoms with Crippen molar-refractivity contribution in [2.24, 2.45) is 5.41 Å². The molecule has 1 unspecified atom stereocenters. The van der Waals surface area contributed by atoms with Gasteiger partial charge in [-0.15, -0.1) is 0 Å². The van der Waals surface area contributed by atoms with Gasteiger partial charge in [-0.25, -0.2) is 0 Å². The van der Waals surface area contributed by atoms with Gasteiger partial charge in [-0.1, -0.05) is 30.3 Å². The van der Waals surface area contributed by atoms with E-state index in [2.05, 4.69) is 34.9 Å². The van der Waals surface area contributed by atoms with Gasteiger partial charge in [-0.3, -0.25) is 4.79 Å². The molecule has 2 aliphatic rings. The Bertz CT molecular complexity index is 433. The quantitative estimate of drug-likeness (QED) is 0.866. The van der Waals surface area contributed by atoms with E-state index >= 15 is 0 Å². The zero-order valence-electron chi connectivity index (χ0n) is 11.3. The first-order chi connectivity index (χ1) is 9.28. The van der Waals surface area contributed by atoms with E-state index in [1.54, 1.807) is 0 Å². The highest BCUT2D eigenvalue weighted by Gasteiger charge is 2.41. The van der Waals surface area contributed by atoms with Crippen molar-refractivity contribution in [3.8, 4) is 0 Å². The Balaban J connectivity index is 1.77. The molecule has 1 aliphatic heterocycles. The van der Waals surface area contributed by atoms with E-state index in [9.17, 15) is 4.79 Å². The first-order valence-corrected chi connectivity index (χ1v) is 7.34. The van der Waals surface area contributed by atoms with E-state index < -0.39 is 0 Å². The highest BCUT2D eigenvalue weighted by Crippen LogP contribution is 2.32. The van der Waals surface area contributed by atoms with Crippen LogP contribution >= 0.6 is 0 Å². The molecule has 1 aromatic carbocycles. The lowest BCUT2D eigenvalue weighted by molar-refractivity contribution is -0.132. The molecule has 2 N–H and O–H groups in total. The lowest BCUT2D eigenvalue weighted by atomic mass is 9.75. The minimum atomic E-state index is -0.248. The highest BCUT2D eigenvalue weighted by atomic mass is 16.2. The average Bonchev–Trinajstić information content (AvgIpc) is 3.25. The molecule has 1 amide bonds. The second-order valence-electron chi connectivity index (χ2n) is 5.97. The smallest absolute Gasteiger partial charge is 0.228 e. The van der Waals surface area contributed by atoms with Crippen molar-refractivity contribution < 1.29 is 4.79 Å². The Kier molecular flexibility index (Phi) is 3.56. The van der Waals surface area contributed by atoms with Gasteiger partial charge in [-0.05, 0) is 44.2 Å². The van der Waals surface area contributed by atoms with Crippen molar-refractivity contribution in [2.45, 2.75) is 38.1 Å². The molecule has 3 nitrogen and oxygen atoms in total. The molecule has 1 aromatic rings. The summed E-state index contributed by atoms with van der Waals surface area (Å²) in [5.41, 5.74) is 1.01. The number of carbonyl (C=O) groups excluding carboxylic acids is 1. The van der Waals surface area contributed by atoms with Crippen molar-refractivity contribution in [3.63, 3.8) is 0 Å². The molecule has 0 aromatic heterocycles. The maximum Gasteiger partial charge on any atom is 0.228 e. The summed E-state index contributed by atoms with van der Waals surface area (Å²) < 4.78 is 0. The SMILES string of the molecule is O=C(NC1CC1)C1(Cc2ccccc2)CCCNC1. The topological polar surface area (TPSA) is 41.1 Å². The predicted octanol–water partition coefficient (Wildman–Crippen LogP) is 1.88. The average molecular weight is 258 g/mol. The van der Waals surface area contributed by atoms with Crippen molar-refractivity contribution in [1.29, 1.82) is 0 Å². The first-order valence-electron chi connectivity index (χ1n) is 7.34. The Labute approximate surface area is 114 Å². The van der Waals surface area contributed by atoms with Gasteiger partial charge in [0.05, 0.1) is 5.41 Å². The summed E-state index contributed by atoms with van der Waals surface area (Å²) in [4.78, 5) is 12.6. The van der Waals surface area contributed by atoms with Gasteiger partial charge < -0.3 is 10.6 Å². The zero-order valence-corrected chi connectivity index (χ0v) is 11.3. The Morgan fingerprint density at radius 3 is 2.74 bits per heavy atom. The van der Waals surface area contributed by atoms with Crippen molar-refractivity contribution in [3.05, 3.63) is 35.9 Å². The monoisotopic (exact) mass is 258 g/mol. The number of piperidine rings is 1. The number of hydrogen-bond donors (Lipinski definition) is 2. The third-order valence-corrected chi connectivity index (χ3v) is 4.25. The molecule has 1 aliphatic carbocycles. The molecule has 0 radical (unpaired) electrons. The fourth-order valence-corrected chi connectivity index (χ4v) is 2.95. The van der Waals surface area contributed by atoms with Crippen LogP contribution in [0.4, 0.5) is 0 Å². The van der Waals surface area contributed by atoms with E-state index in [1.165, 1.54) is 5.56 Å². The van der Waals surface area contributed by atoms with E-state index in [1.807, 2.05) is 6.07 Å². The van der Waals surface area contributed by atoms with Gasteiger partial charge >= 0.3 is 0 Å². The number of hydrogen-bond acceptors (Lipinski definition) is 2. The van der Waals surface area contributed by atoms with Gasteiger partial charge in [0.1, 0.15) is 0 Å². The largest absolute Gasteiger partial charge is 0.353 e. The van der Waals surface area contributed by atoms with E-state index in [-0.39, 0.29) is 11.3 Å². The number of amides is 1. The highest BCUT2D eigenvalue weighted by molar-refractivity contribution is 5.84. The molecule has 1 atom stereocenters. The summed E-state index contributed by atoms with van der Waals surface area (Å²) in [6.45, 7) is 1.84. The van der Waals surface area contributed by atoms with Crippen molar-refractivity contribution >= 4 is 5.91 Å². The molecule has 1 saturated carbocycles. The van der Waals surface area contributed by atoms with Crippen LogP contribution in [0.5, 0.6) is 0 Å². The van der Waals surface area contributed by atoms with Crippen LogP contribution < -0.4 is 10.6 Å². The maximum absolute atomic E-state index is 12.6. The summed E-state index contributed by atoms with van der Waals surface area (Å²) >= 11 is 0. The molecule has 0 spiro atoms. The Hall–Kier alpha value is -1.35. The molecule has 19 heavy (non-hydrogen) atoms. The van der Waals surface area contributed by atoms with Crippen LogP contribution in [0.2, 0.25) is 0 Å². The lowest BCUT2D eigenvalue weighted by Crippen LogP contribution is -2.52. The second-order valence-corrected chi connectivity index (χ2v) is 5.97. The lowest BCUT2D eigenvalue weighted by Gasteiger charge is -2.36. The third-order valence-electron chi connectivity index (χ3n) is 4.25. The number of carbonyl (C=O) groups is 1. The van der Waals surface area contributed by atoms with Crippen LogP contribution in [0, 0.1) is 5.41 Å². The second kappa shape index (κ2) is 5.33. The molecule has 1 heterocycles. The Morgan fingerprint density at radius 1 is 1.32 bits per heavy atom. The van der Waals surface area contributed by atoms with Crippen LogP contribution in [0.25, 0.3) is 0 Å². The predicted molar refractivity (Wildman–Crippen MR) is 75.8 cm³/mol. The van der Waals surface area contributed by atoms with Crippen LogP contribution in [-0.2, 0) is 11.2 Å². The van der Waals surface area contributed by atoms with Gasteiger partial charge in [0.15, 0.2) is 0 Å². The standard InChI is InChI=1S/C16H22N2O/c19-15(18-14-7-8-14)16(9-4-10-17-12-16)11-13-5-2-1-3-6-13/h1-3,5-6,14,17H,4,7-12H2,(H,18,19). The number of benzene rings is 1. The summed E-state index contributed by atoms with van der Waals surface area (Å²) in [5.74, 6) is 0.256. The van der Waals surface area contributed by atoms with Crippen LogP contribution in [0.1, 0.15) is 31.2 Å². The van der Waals surface area contributed by atoms with Crippen LogP contribution in [0.3, 0.4) is 0 Å². The minimum absolute atomic E-state index is 0.248. The van der Waals surface area contributed by atoms with Gasteiger partial charge in [0, 0.05) is 12.6 Å². The van der Waals surface area contributed by atoms with Gasteiger partial charge in [0.2, 0.25) is 5.91 Å². The van der Waals surface area contributed by atoms with Crippen LogP contribution in [0.15, 0.2) is 30.3 Å². The molecule has 102 valence electrons. The fraction of sp³-hybridized carbons (Fsp3) is 0.562. The zero-order chi connectivity index (χ0) is 13.1. The fourth-order valence-electron chi connectivity index (χ4n) is 2.95. The molecule has 3 heteroatoms. The summed E-state index contributed by atoms with van der Waals surface area (Å²) in [6, 6.07) is 10.8. The third kappa shape index (κ3) is 2.98. The summed E-state index contributed by atoms with van der Waals surface area (Å²) in [5, 5.41) is 6.62. The van der Waals surface area contributed by atoms with Crippen LogP contribution in [-0.4, -0.2) is 25.0 Å². The maximum atomic E-state index is 12.6. The van der Waals surface area contributed by atoms with E-state index in [0.29, 0.717) is 6.04 Å². The molecule has 3 rings (SSSR count). The number of nitrogens with one attached hydrogen (secondary N) is 2. The van der Waals surface area contributed by atoms with Gasteiger partial charge in [0.25, 0.3) is 0 Å². The molecule has 0 bridgehead atoms. The van der Waals surface area contributed by atoms with Gasteiger partial charge in [-0.2, -0.15) is 0 Å². The minimum Gasteiger partial charge on any atom is -0.353 e. The molecule has 1 saturated heterocycles. The summed E-state index contributed by atoms with van der Waals surface area (Å²) in [6.07, 6.45) is 5.24. The van der Waals surface area contributed by atoms with Crippen molar-refractivity contribution in [2.75, 3.05) is 13.1 Å². The van der Waals surface area contributed by atoms with Crippen molar-refractivity contribution in [1.82, 2.24) is 10.6 Å².